The summed E-state index contributed by atoms with van der Waals surface area (Å²) in [6, 6.07) is 7.68. The molecule has 2 N–H and O–H groups in total. The summed E-state index contributed by atoms with van der Waals surface area (Å²) in [5.74, 6) is 0.938. The van der Waals surface area contributed by atoms with Crippen LogP contribution in [0.3, 0.4) is 0 Å². The van der Waals surface area contributed by atoms with E-state index in [-0.39, 0.29) is 17.8 Å². The molecule has 0 bridgehead atoms. The summed E-state index contributed by atoms with van der Waals surface area (Å²) in [5.41, 5.74) is -2.44. The Kier molecular flexibility index (Phi) is 6.03. The summed E-state index contributed by atoms with van der Waals surface area (Å²) < 4.78 is 39.0. The van der Waals surface area contributed by atoms with E-state index in [1.165, 1.54) is 12.1 Å². The quantitative estimate of drug-likeness (QED) is 0.781. The van der Waals surface area contributed by atoms with Crippen LogP contribution in [0.2, 0.25) is 0 Å². The Labute approximate surface area is 152 Å². The van der Waals surface area contributed by atoms with Gasteiger partial charge in [0.2, 0.25) is 5.91 Å². The van der Waals surface area contributed by atoms with Crippen LogP contribution in [0.25, 0.3) is 0 Å². The Hall–Kier alpha value is -3.54. The fourth-order valence-electron chi connectivity index (χ4n) is 2.24. The number of carbonyl (C=O) groups is 2. The fraction of sp³-hybridized carbons (Fsp3) is 0.167. The first-order chi connectivity index (χ1) is 12.7. The minimum atomic E-state index is -4.82. The molecule has 6 nitrogen and oxygen atoms in total. The normalized spacial score (nSPS) is 10.7. The molecule has 0 aliphatic rings. The van der Waals surface area contributed by atoms with Gasteiger partial charge in [-0.2, -0.15) is 13.2 Å². The summed E-state index contributed by atoms with van der Waals surface area (Å²) >= 11 is 0. The van der Waals surface area contributed by atoms with Gasteiger partial charge in [0.25, 0.3) is 11.5 Å². The van der Waals surface area contributed by atoms with E-state index in [9.17, 15) is 27.6 Å². The molecule has 9 heteroatoms. The molecule has 0 saturated carbocycles. The number of pyridine rings is 1. The van der Waals surface area contributed by atoms with Gasteiger partial charge in [-0.25, -0.2) is 0 Å². The summed E-state index contributed by atoms with van der Waals surface area (Å²) in [7, 11) is 0. The maximum absolute atomic E-state index is 12.8. The molecule has 0 fully saturated rings. The molecule has 0 atom stereocenters. The first-order valence-corrected chi connectivity index (χ1v) is 7.61. The maximum Gasteiger partial charge on any atom is 0.421 e. The highest BCUT2D eigenvalue weighted by Crippen LogP contribution is 2.26. The first kappa shape index (κ1) is 19.8. The molecule has 0 aliphatic carbocycles. The molecule has 2 rings (SSSR count). The molecule has 0 radical (unpaired) electrons. The number of amides is 2. The van der Waals surface area contributed by atoms with Gasteiger partial charge in [-0.1, -0.05) is 18.1 Å². The number of rotatable bonds is 5. The van der Waals surface area contributed by atoms with Crippen molar-refractivity contribution in [1.82, 2.24) is 9.88 Å². The number of terminal acetylenes is 1. The average molecular weight is 377 g/mol. The topological polar surface area (TPSA) is 80.2 Å². The number of carbonyl (C=O) groups excluding carboxylic acids is 2. The van der Waals surface area contributed by atoms with E-state index in [0.29, 0.717) is 10.6 Å². The lowest BCUT2D eigenvalue weighted by molar-refractivity contribution is -0.139. The standard InChI is InChI=1S/C18H14F3N3O3/c1-2-9-22-16(26)12-6-3-4-8-14(12)23-15(25)11-24-10-5-7-13(17(24)27)18(19,20)21/h1,3-8,10H,9,11H2,(H,22,26)(H,23,25). The molecule has 2 amide bonds. The van der Waals surface area contributed by atoms with Crippen LogP contribution in [0.5, 0.6) is 0 Å². The second kappa shape index (κ2) is 8.23. The molecular formula is C18H14F3N3O3. The number of aromatic nitrogens is 1. The van der Waals surface area contributed by atoms with Crippen LogP contribution in [0.1, 0.15) is 15.9 Å². The molecule has 1 aromatic carbocycles. The number of hydrogen-bond acceptors (Lipinski definition) is 3. The van der Waals surface area contributed by atoms with Crippen LogP contribution in [0, 0.1) is 12.3 Å². The number of hydrogen-bond donors (Lipinski definition) is 2. The molecule has 27 heavy (non-hydrogen) atoms. The van der Waals surface area contributed by atoms with E-state index in [4.69, 9.17) is 6.42 Å². The van der Waals surface area contributed by atoms with Gasteiger partial charge >= 0.3 is 6.18 Å². The van der Waals surface area contributed by atoms with Crippen molar-refractivity contribution in [2.24, 2.45) is 0 Å². The minimum Gasteiger partial charge on any atom is -0.341 e. The number of para-hydroxylation sites is 1. The van der Waals surface area contributed by atoms with Crippen LogP contribution in [0.4, 0.5) is 18.9 Å². The van der Waals surface area contributed by atoms with E-state index in [2.05, 4.69) is 16.6 Å². The number of halogens is 3. The van der Waals surface area contributed by atoms with Gasteiger partial charge in [0.1, 0.15) is 12.1 Å². The average Bonchev–Trinajstić information content (AvgIpc) is 2.61. The van der Waals surface area contributed by atoms with Gasteiger partial charge in [-0.15, -0.1) is 6.42 Å². The van der Waals surface area contributed by atoms with Gasteiger partial charge in [-0.3, -0.25) is 14.4 Å². The zero-order valence-electron chi connectivity index (χ0n) is 13.8. The third-order valence-corrected chi connectivity index (χ3v) is 3.44. The highest BCUT2D eigenvalue weighted by atomic mass is 19.4. The third kappa shape index (κ3) is 4.98. The lowest BCUT2D eigenvalue weighted by Crippen LogP contribution is -2.32. The molecule has 0 aliphatic heterocycles. The van der Waals surface area contributed by atoms with Crippen molar-refractivity contribution in [2.45, 2.75) is 12.7 Å². The zero-order valence-corrected chi connectivity index (χ0v) is 13.8. The predicted octanol–water partition coefficient (Wildman–Crippen LogP) is 1.87. The zero-order chi connectivity index (χ0) is 20.0. The third-order valence-electron chi connectivity index (χ3n) is 3.44. The highest BCUT2D eigenvalue weighted by molar-refractivity contribution is 6.03. The van der Waals surface area contributed by atoms with E-state index in [1.54, 1.807) is 12.1 Å². The van der Waals surface area contributed by atoms with Crippen molar-refractivity contribution in [3.8, 4) is 12.3 Å². The maximum atomic E-state index is 12.8. The van der Waals surface area contributed by atoms with E-state index in [1.807, 2.05) is 0 Å². The highest BCUT2D eigenvalue weighted by Gasteiger charge is 2.34. The van der Waals surface area contributed by atoms with E-state index in [0.717, 1.165) is 12.3 Å². The van der Waals surface area contributed by atoms with Crippen LogP contribution < -0.4 is 16.2 Å². The van der Waals surface area contributed by atoms with Gasteiger partial charge in [0, 0.05) is 6.20 Å². The predicted molar refractivity (Wildman–Crippen MR) is 91.9 cm³/mol. The lowest BCUT2D eigenvalue weighted by atomic mass is 10.1. The van der Waals surface area contributed by atoms with Crippen LogP contribution in [0.15, 0.2) is 47.4 Å². The number of nitrogens with zero attached hydrogens (tertiary/aromatic N) is 1. The number of benzene rings is 1. The Morgan fingerprint density at radius 3 is 2.52 bits per heavy atom. The smallest absolute Gasteiger partial charge is 0.341 e. The molecule has 0 spiro atoms. The van der Waals surface area contributed by atoms with Crippen molar-refractivity contribution < 1.29 is 22.8 Å². The first-order valence-electron chi connectivity index (χ1n) is 7.61. The van der Waals surface area contributed by atoms with E-state index >= 15 is 0 Å². The molecular weight excluding hydrogens is 363 g/mol. The monoisotopic (exact) mass is 377 g/mol. The molecule has 0 unspecified atom stereocenters. The number of nitrogens with one attached hydrogen (secondary N) is 2. The molecule has 2 aromatic rings. The molecule has 0 saturated heterocycles. The summed E-state index contributed by atoms with van der Waals surface area (Å²) in [6.07, 6.45) is 1.32. The van der Waals surface area contributed by atoms with Gasteiger partial charge in [0.15, 0.2) is 0 Å². The molecule has 140 valence electrons. The Bertz CT molecular complexity index is 959. The SMILES string of the molecule is C#CCNC(=O)c1ccccc1NC(=O)Cn1cccc(C(F)(F)F)c1=O. The Morgan fingerprint density at radius 2 is 1.85 bits per heavy atom. The van der Waals surface area contributed by atoms with E-state index < -0.39 is 35.7 Å². The van der Waals surface area contributed by atoms with Crippen molar-refractivity contribution in [3.05, 3.63) is 64.1 Å². The van der Waals surface area contributed by atoms with Gasteiger partial charge < -0.3 is 15.2 Å². The molecule has 1 aromatic heterocycles. The van der Waals surface area contributed by atoms with Crippen LogP contribution in [-0.2, 0) is 17.5 Å². The second-order valence-corrected chi connectivity index (χ2v) is 5.33. The van der Waals surface area contributed by atoms with Crippen molar-refractivity contribution >= 4 is 17.5 Å². The van der Waals surface area contributed by atoms with Crippen LogP contribution in [-0.4, -0.2) is 22.9 Å². The fourth-order valence-corrected chi connectivity index (χ4v) is 2.24. The van der Waals surface area contributed by atoms with Crippen LogP contribution >= 0.6 is 0 Å². The largest absolute Gasteiger partial charge is 0.421 e. The summed E-state index contributed by atoms with van der Waals surface area (Å²) in [4.78, 5) is 36.1. The second-order valence-electron chi connectivity index (χ2n) is 5.33. The Morgan fingerprint density at radius 1 is 1.15 bits per heavy atom. The van der Waals surface area contributed by atoms with Crippen molar-refractivity contribution in [1.29, 1.82) is 0 Å². The summed E-state index contributed by atoms with van der Waals surface area (Å²) in [5, 5.41) is 4.85. The van der Waals surface area contributed by atoms with Gasteiger partial charge in [-0.05, 0) is 24.3 Å². The number of anilines is 1. The van der Waals surface area contributed by atoms with Gasteiger partial charge in [0.05, 0.1) is 17.8 Å². The van der Waals surface area contributed by atoms with Crippen molar-refractivity contribution in [2.75, 3.05) is 11.9 Å². The summed E-state index contributed by atoms with van der Waals surface area (Å²) in [6.45, 7) is -0.663. The van der Waals surface area contributed by atoms with Crippen molar-refractivity contribution in [3.63, 3.8) is 0 Å². The lowest BCUT2D eigenvalue weighted by Gasteiger charge is -2.12. The number of alkyl halides is 3. The minimum absolute atomic E-state index is 0.0132. The Balaban J connectivity index is 2.20. The molecule has 1 heterocycles.